The number of nitriles is 1. The van der Waals surface area contributed by atoms with E-state index in [1.165, 1.54) is 0 Å². The molecule has 0 bridgehead atoms. The number of rotatable bonds is 2. The summed E-state index contributed by atoms with van der Waals surface area (Å²) in [6.45, 7) is 3.81. The average Bonchev–Trinajstić information content (AvgIpc) is 2.81. The number of phenols is 1. The van der Waals surface area contributed by atoms with Gasteiger partial charge in [-0.05, 0) is 61.6 Å². The lowest BCUT2D eigenvalue weighted by Gasteiger charge is -2.48. The summed E-state index contributed by atoms with van der Waals surface area (Å²) in [7, 11) is 0. The van der Waals surface area contributed by atoms with E-state index in [1.807, 2.05) is 50.3 Å². The Morgan fingerprint density at radius 3 is 2.50 bits per heavy atom. The molecular formula is C27H23N3O2. The average molecular weight is 422 g/mol. The zero-order chi connectivity index (χ0) is 22.5. The Kier molecular flexibility index (Phi) is 4.67. The minimum Gasteiger partial charge on any atom is -0.508 e. The third kappa shape index (κ3) is 2.87. The van der Waals surface area contributed by atoms with Gasteiger partial charge in [0.1, 0.15) is 17.6 Å². The lowest BCUT2D eigenvalue weighted by molar-refractivity contribution is -0.121. The summed E-state index contributed by atoms with van der Waals surface area (Å²) >= 11 is 0. The fraction of sp³-hybridized carbons (Fsp3) is 0.259. The van der Waals surface area contributed by atoms with Gasteiger partial charge < -0.3 is 5.11 Å². The van der Waals surface area contributed by atoms with E-state index in [0.717, 1.165) is 40.9 Å². The van der Waals surface area contributed by atoms with E-state index in [1.54, 1.807) is 12.1 Å². The Morgan fingerprint density at radius 1 is 1.09 bits per heavy atom. The van der Waals surface area contributed by atoms with E-state index in [-0.39, 0.29) is 28.9 Å². The van der Waals surface area contributed by atoms with Crippen molar-refractivity contribution in [3.63, 3.8) is 0 Å². The van der Waals surface area contributed by atoms with E-state index in [0.29, 0.717) is 5.82 Å². The molecule has 5 nitrogen and oxygen atoms in total. The minimum absolute atomic E-state index is 0.00367. The van der Waals surface area contributed by atoms with Gasteiger partial charge in [0.15, 0.2) is 5.78 Å². The molecule has 2 aliphatic rings. The van der Waals surface area contributed by atoms with Gasteiger partial charge in [0.25, 0.3) is 0 Å². The molecule has 0 saturated heterocycles. The highest BCUT2D eigenvalue weighted by atomic mass is 16.3. The Balaban J connectivity index is 1.86. The summed E-state index contributed by atoms with van der Waals surface area (Å²) in [6, 6.07) is 19.3. The Morgan fingerprint density at radius 2 is 1.81 bits per heavy atom. The van der Waals surface area contributed by atoms with Crippen molar-refractivity contribution in [1.29, 1.82) is 5.26 Å². The van der Waals surface area contributed by atoms with Crippen LogP contribution in [0.1, 0.15) is 36.0 Å². The fourth-order valence-electron chi connectivity index (χ4n) is 5.52. The largest absolute Gasteiger partial charge is 0.508 e. The summed E-state index contributed by atoms with van der Waals surface area (Å²) < 4.78 is 0. The molecule has 2 aromatic carbocycles. The Bertz CT molecular complexity index is 1290. The third-order valence-corrected chi connectivity index (χ3v) is 6.97. The number of Topliss-reactive ketones (excluding diaryl/α,β-unsaturated/α-hetero) is 1. The second-order valence-electron chi connectivity index (χ2n) is 8.70. The van der Waals surface area contributed by atoms with Crippen molar-refractivity contribution in [2.24, 2.45) is 11.8 Å². The molecule has 32 heavy (non-hydrogen) atoms. The number of aromatic hydroxyl groups is 1. The zero-order valence-corrected chi connectivity index (χ0v) is 18.0. The fourth-order valence-corrected chi connectivity index (χ4v) is 5.52. The van der Waals surface area contributed by atoms with Crippen molar-refractivity contribution in [3.05, 3.63) is 88.9 Å². The second kappa shape index (κ2) is 7.42. The van der Waals surface area contributed by atoms with Crippen LogP contribution in [0, 0.1) is 30.1 Å². The van der Waals surface area contributed by atoms with E-state index in [2.05, 4.69) is 18.2 Å². The number of hydrogen-bond donors (Lipinski definition) is 1. The van der Waals surface area contributed by atoms with E-state index >= 15 is 0 Å². The van der Waals surface area contributed by atoms with E-state index in [4.69, 9.17) is 9.97 Å². The van der Waals surface area contributed by atoms with Crippen molar-refractivity contribution in [3.8, 4) is 23.1 Å². The molecule has 3 aromatic rings. The summed E-state index contributed by atoms with van der Waals surface area (Å²) in [5.41, 5.74) is 4.24. The molecule has 5 rings (SSSR count). The highest BCUT2D eigenvalue weighted by Gasteiger charge is 2.53. The molecule has 0 spiro atoms. The maximum Gasteiger partial charge on any atom is 0.176 e. The van der Waals surface area contributed by atoms with Crippen molar-refractivity contribution >= 4 is 5.78 Å². The smallest absolute Gasteiger partial charge is 0.176 e. The molecule has 0 unspecified atom stereocenters. The number of fused-ring (bicyclic) bond motifs is 3. The molecule has 0 radical (unpaired) electrons. The molecule has 5 heteroatoms. The van der Waals surface area contributed by atoms with Gasteiger partial charge in [0.2, 0.25) is 0 Å². The van der Waals surface area contributed by atoms with Crippen LogP contribution in [0.15, 0.2) is 66.2 Å². The molecular weight excluding hydrogens is 398 g/mol. The number of ketones is 1. The van der Waals surface area contributed by atoms with Crippen LogP contribution in [-0.4, -0.2) is 20.9 Å². The molecule has 3 atom stereocenters. The summed E-state index contributed by atoms with van der Waals surface area (Å²) in [5.74, 6) is 0.478. The SMILES string of the molecule is Cc1nc(-c2ccc(O)cc2)c2c(n1)[C@@]1(c3ccccc3)C=C(C#N)C(=O)[C@@H](C)[C@@H]1CC2. The van der Waals surface area contributed by atoms with Gasteiger partial charge in [-0.1, -0.05) is 37.3 Å². The molecule has 0 aliphatic heterocycles. The molecule has 0 saturated carbocycles. The molecule has 0 fully saturated rings. The maximum absolute atomic E-state index is 12.9. The van der Waals surface area contributed by atoms with Gasteiger partial charge in [-0.3, -0.25) is 4.79 Å². The van der Waals surface area contributed by atoms with Gasteiger partial charge >= 0.3 is 0 Å². The highest BCUT2D eigenvalue weighted by Crippen LogP contribution is 2.54. The predicted octanol–water partition coefficient (Wildman–Crippen LogP) is 4.67. The first-order valence-electron chi connectivity index (χ1n) is 10.9. The van der Waals surface area contributed by atoms with Crippen LogP contribution in [0.2, 0.25) is 0 Å². The quantitative estimate of drug-likeness (QED) is 0.649. The molecule has 158 valence electrons. The lowest BCUT2D eigenvalue weighted by atomic mass is 9.54. The predicted molar refractivity (Wildman–Crippen MR) is 121 cm³/mol. The number of carbonyl (C=O) groups excluding carboxylic acids is 1. The molecule has 1 aromatic heterocycles. The van der Waals surface area contributed by atoms with E-state index < -0.39 is 5.41 Å². The molecule has 1 heterocycles. The first-order valence-corrected chi connectivity index (χ1v) is 10.9. The van der Waals surface area contributed by atoms with E-state index in [9.17, 15) is 15.2 Å². The zero-order valence-electron chi connectivity index (χ0n) is 18.0. The van der Waals surface area contributed by atoms with Crippen molar-refractivity contribution < 1.29 is 9.90 Å². The number of allylic oxidation sites excluding steroid dienone is 2. The first-order chi connectivity index (χ1) is 15.5. The number of aromatic nitrogens is 2. The van der Waals surface area contributed by atoms with Gasteiger partial charge in [-0.15, -0.1) is 0 Å². The van der Waals surface area contributed by atoms with Crippen LogP contribution in [0.4, 0.5) is 0 Å². The van der Waals surface area contributed by atoms with Crippen LogP contribution in [0.25, 0.3) is 11.3 Å². The molecule has 1 N–H and O–H groups in total. The molecule has 2 aliphatic carbocycles. The van der Waals surface area contributed by atoms with Crippen LogP contribution in [0.3, 0.4) is 0 Å². The highest BCUT2D eigenvalue weighted by molar-refractivity contribution is 6.02. The van der Waals surface area contributed by atoms with Gasteiger partial charge in [-0.25, -0.2) is 9.97 Å². The Hall–Kier alpha value is -3.78. The van der Waals surface area contributed by atoms with Crippen LogP contribution >= 0.6 is 0 Å². The van der Waals surface area contributed by atoms with Crippen molar-refractivity contribution in [2.45, 2.75) is 32.1 Å². The molecule has 0 amide bonds. The third-order valence-electron chi connectivity index (χ3n) is 6.97. The number of hydrogen-bond acceptors (Lipinski definition) is 5. The van der Waals surface area contributed by atoms with Crippen molar-refractivity contribution in [2.75, 3.05) is 0 Å². The normalized spacial score (nSPS) is 24.2. The second-order valence-corrected chi connectivity index (χ2v) is 8.70. The summed E-state index contributed by atoms with van der Waals surface area (Å²) in [5, 5.41) is 19.5. The van der Waals surface area contributed by atoms with Gasteiger partial charge in [0.05, 0.1) is 22.4 Å². The Labute approximate surface area is 187 Å². The summed E-state index contributed by atoms with van der Waals surface area (Å²) in [4.78, 5) is 22.7. The summed E-state index contributed by atoms with van der Waals surface area (Å²) in [6.07, 6.45) is 3.40. The minimum atomic E-state index is -0.674. The number of carbonyl (C=O) groups is 1. The number of phenolic OH excluding ortho intramolecular Hbond substituents is 1. The number of nitrogens with zero attached hydrogens (tertiary/aromatic N) is 3. The van der Waals surface area contributed by atoms with Gasteiger partial charge in [-0.2, -0.15) is 5.26 Å². The number of benzene rings is 2. The van der Waals surface area contributed by atoms with Crippen LogP contribution < -0.4 is 0 Å². The lowest BCUT2D eigenvalue weighted by Crippen LogP contribution is -2.48. The van der Waals surface area contributed by atoms with Crippen LogP contribution in [-0.2, 0) is 16.6 Å². The monoisotopic (exact) mass is 421 g/mol. The maximum atomic E-state index is 12.9. The van der Waals surface area contributed by atoms with Crippen LogP contribution in [0.5, 0.6) is 5.75 Å². The first kappa shape index (κ1) is 20.1. The number of aryl methyl sites for hydroxylation is 1. The standard InChI is InChI=1S/C27H23N3O2/c1-16-23-13-12-22-24(18-8-10-21(31)11-9-18)29-17(2)30-26(22)27(23,14-19(15-28)25(16)32)20-6-4-3-5-7-20/h3-11,14,16,23,31H,12-13H2,1-2H3/t16-,23-,27+/m0/s1. The topological polar surface area (TPSA) is 86.9 Å². The van der Waals surface area contributed by atoms with Crippen molar-refractivity contribution in [1.82, 2.24) is 9.97 Å². The van der Waals surface area contributed by atoms with Gasteiger partial charge in [0, 0.05) is 17.0 Å².